The zero-order valence-electron chi connectivity index (χ0n) is 17.0. The number of hydrazone groups is 1. The summed E-state index contributed by atoms with van der Waals surface area (Å²) in [6.07, 6.45) is 1.44. The van der Waals surface area contributed by atoms with Crippen LogP contribution in [0.15, 0.2) is 53.6 Å². The van der Waals surface area contributed by atoms with E-state index in [0.29, 0.717) is 11.3 Å². The minimum absolute atomic E-state index is 0.209. The summed E-state index contributed by atoms with van der Waals surface area (Å²) in [5.41, 5.74) is 4.20. The van der Waals surface area contributed by atoms with Crippen LogP contribution < -0.4 is 10.2 Å². The van der Waals surface area contributed by atoms with Crippen LogP contribution in [0.5, 0.6) is 5.75 Å². The molecule has 1 fully saturated rings. The third kappa shape index (κ3) is 7.36. The molecule has 1 heterocycles. The molecule has 9 heteroatoms. The van der Waals surface area contributed by atoms with Gasteiger partial charge in [-0.2, -0.15) is 5.10 Å². The molecule has 1 saturated heterocycles. The molecule has 0 spiro atoms. The summed E-state index contributed by atoms with van der Waals surface area (Å²) in [7, 11) is 0. The fraction of sp³-hybridized carbons (Fsp3) is 0.318. The van der Waals surface area contributed by atoms with Crippen LogP contribution in [0.2, 0.25) is 5.02 Å². The van der Waals surface area contributed by atoms with Crippen molar-refractivity contribution in [1.82, 2.24) is 15.2 Å². The molecule has 2 aromatic carbocycles. The molecule has 0 saturated carbocycles. The van der Waals surface area contributed by atoms with E-state index in [0.717, 1.165) is 43.3 Å². The summed E-state index contributed by atoms with van der Waals surface area (Å²) in [6.45, 7) is 3.90. The molecule has 1 aliphatic rings. The van der Waals surface area contributed by atoms with E-state index in [2.05, 4.69) is 20.3 Å². The molecule has 1 amide bonds. The lowest BCUT2D eigenvalue weighted by Crippen LogP contribution is -2.48. The van der Waals surface area contributed by atoms with Crippen LogP contribution >= 0.6 is 11.6 Å². The maximum atomic E-state index is 12.2. The predicted octanol–water partition coefficient (Wildman–Crippen LogP) is 2.07. The van der Waals surface area contributed by atoms with Crippen molar-refractivity contribution in [2.24, 2.45) is 5.10 Å². The number of carbonyl (C=O) groups is 2. The van der Waals surface area contributed by atoms with Gasteiger partial charge < -0.3 is 9.84 Å². The predicted molar refractivity (Wildman–Crippen MR) is 118 cm³/mol. The molecule has 0 aromatic heterocycles. The van der Waals surface area contributed by atoms with Gasteiger partial charge in [0.2, 0.25) is 0 Å². The van der Waals surface area contributed by atoms with Crippen molar-refractivity contribution in [1.29, 1.82) is 0 Å². The number of ether oxygens (including phenoxy) is 1. The number of amides is 1. The molecule has 1 aliphatic heterocycles. The molecule has 164 valence electrons. The summed E-state index contributed by atoms with van der Waals surface area (Å²) in [5, 5.41) is 13.5. The van der Waals surface area contributed by atoms with Crippen LogP contribution in [0.25, 0.3) is 0 Å². The van der Waals surface area contributed by atoms with Gasteiger partial charge >= 0.3 is 5.97 Å². The highest BCUT2D eigenvalue weighted by atomic mass is 35.5. The maximum Gasteiger partial charge on any atom is 0.341 e. The van der Waals surface area contributed by atoms with E-state index in [9.17, 15) is 9.59 Å². The number of carboxylic acid groups (broad SMARTS) is 1. The molecule has 0 aliphatic carbocycles. The molecular weight excluding hydrogens is 420 g/mol. The first-order chi connectivity index (χ1) is 15.0. The van der Waals surface area contributed by atoms with Gasteiger partial charge in [-0.25, -0.2) is 10.2 Å². The van der Waals surface area contributed by atoms with Crippen LogP contribution in [0, 0.1) is 0 Å². The summed E-state index contributed by atoms with van der Waals surface area (Å²) < 4.78 is 5.21. The number of hydrogen-bond acceptors (Lipinski definition) is 6. The Kier molecular flexibility index (Phi) is 8.40. The Morgan fingerprint density at radius 2 is 1.74 bits per heavy atom. The largest absolute Gasteiger partial charge is 0.481 e. The minimum atomic E-state index is -1.06. The third-order valence-corrected chi connectivity index (χ3v) is 5.22. The van der Waals surface area contributed by atoms with Crippen molar-refractivity contribution in [2.75, 3.05) is 39.3 Å². The van der Waals surface area contributed by atoms with E-state index >= 15 is 0 Å². The summed E-state index contributed by atoms with van der Waals surface area (Å²) in [6, 6.07) is 14.7. The lowest BCUT2D eigenvalue weighted by molar-refractivity contribution is -0.139. The summed E-state index contributed by atoms with van der Waals surface area (Å²) in [4.78, 5) is 27.3. The van der Waals surface area contributed by atoms with Gasteiger partial charge in [0.05, 0.1) is 12.8 Å². The average Bonchev–Trinajstić information content (AvgIpc) is 2.76. The number of carbonyl (C=O) groups excluding carboxylic acids is 1. The number of hydrogen-bond donors (Lipinski definition) is 2. The normalized spacial score (nSPS) is 15.1. The first-order valence-electron chi connectivity index (χ1n) is 9.95. The number of nitrogens with one attached hydrogen (secondary N) is 1. The SMILES string of the molecule is O=C(O)COc1ccccc1/C=N\NC(=O)CN1CCN(Cc2ccccc2Cl)CC1. The smallest absolute Gasteiger partial charge is 0.341 e. The number of para-hydroxylation sites is 1. The second-order valence-corrected chi connectivity index (χ2v) is 7.56. The zero-order chi connectivity index (χ0) is 22.1. The van der Waals surface area contributed by atoms with Crippen molar-refractivity contribution < 1.29 is 19.4 Å². The Hall–Kier alpha value is -2.94. The first-order valence-corrected chi connectivity index (χ1v) is 10.3. The fourth-order valence-electron chi connectivity index (χ4n) is 3.24. The molecule has 3 rings (SSSR count). The van der Waals surface area contributed by atoms with Crippen LogP contribution in [0.1, 0.15) is 11.1 Å². The van der Waals surface area contributed by atoms with Gasteiger partial charge in [-0.1, -0.05) is 41.9 Å². The number of carboxylic acids is 1. The van der Waals surface area contributed by atoms with Gasteiger partial charge in [0.25, 0.3) is 5.91 Å². The Balaban J connectivity index is 1.42. The Labute approximate surface area is 186 Å². The van der Waals surface area contributed by atoms with Crippen molar-refractivity contribution in [3.63, 3.8) is 0 Å². The van der Waals surface area contributed by atoms with E-state index in [1.165, 1.54) is 6.21 Å². The molecule has 2 aromatic rings. The van der Waals surface area contributed by atoms with E-state index in [4.69, 9.17) is 21.4 Å². The lowest BCUT2D eigenvalue weighted by Gasteiger charge is -2.34. The molecule has 8 nitrogen and oxygen atoms in total. The molecular formula is C22H25ClN4O4. The Bertz CT molecular complexity index is 929. The van der Waals surface area contributed by atoms with Gasteiger partial charge in [-0.15, -0.1) is 0 Å². The standard InChI is InChI=1S/C22H25ClN4O4/c23-19-7-3-1-6-18(19)14-26-9-11-27(12-10-26)15-21(28)25-24-13-17-5-2-4-8-20(17)31-16-22(29)30/h1-8,13H,9-12,14-16H2,(H,25,28)(H,29,30)/b24-13-. The average molecular weight is 445 g/mol. The summed E-state index contributed by atoms with van der Waals surface area (Å²) in [5.74, 6) is -0.885. The van der Waals surface area contributed by atoms with E-state index in [-0.39, 0.29) is 12.5 Å². The molecule has 0 radical (unpaired) electrons. The van der Waals surface area contributed by atoms with Gasteiger partial charge in [0, 0.05) is 43.3 Å². The van der Waals surface area contributed by atoms with Gasteiger partial charge in [0.1, 0.15) is 5.75 Å². The second kappa shape index (κ2) is 11.5. The molecule has 31 heavy (non-hydrogen) atoms. The topological polar surface area (TPSA) is 94.5 Å². The minimum Gasteiger partial charge on any atom is -0.481 e. The van der Waals surface area contributed by atoms with Crippen LogP contribution in [-0.4, -0.2) is 72.3 Å². The fourth-order valence-corrected chi connectivity index (χ4v) is 3.44. The van der Waals surface area contributed by atoms with Crippen LogP contribution in [0.4, 0.5) is 0 Å². The molecule has 2 N–H and O–H groups in total. The highest BCUT2D eigenvalue weighted by Gasteiger charge is 2.19. The molecule has 0 atom stereocenters. The number of nitrogens with zero attached hydrogens (tertiary/aromatic N) is 3. The number of piperazine rings is 1. The van der Waals surface area contributed by atoms with Crippen LogP contribution in [0.3, 0.4) is 0 Å². The summed E-state index contributed by atoms with van der Waals surface area (Å²) >= 11 is 6.24. The number of halogens is 1. The van der Waals surface area contributed by atoms with Crippen LogP contribution in [-0.2, 0) is 16.1 Å². The molecule has 0 unspecified atom stereocenters. The first kappa shape index (κ1) is 22.7. The van der Waals surface area contributed by atoms with Gasteiger partial charge in [0.15, 0.2) is 6.61 Å². The zero-order valence-corrected chi connectivity index (χ0v) is 17.8. The van der Waals surface area contributed by atoms with Crippen molar-refractivity contribution in [3.8, 4) is 5.75 Å². The Morgan fingerprint density at radius 1 is 1.06 bits per heavy atom. The number of aliphatic carboxylic acids is 1. The monoisotopic (exact) mass is 444 g/mol. The molecule has 0 bridgehead atoms. The third-order valence-electron chi connectivity index (χ3n) is 4.85. The van der Waals surface area contributed by atoms with Gasteiger partial charge in [-0.05, 0) is 23.8 Å². The second-order valence-electron chi connectivity index (χ2n) is 7.16. The van der Waals surface area contributed by atoms with E-state index < -0.39 is 12.6 Å². The van der Waals surface area contributed by atoms with Crippen molar-refractivity contribution in [3.05, 3.63) is 64.7 Å². The van der Waals surface area contributed by atoms with Crippen molar-refractivity contribution >= 4 is 29.7 Å². The highest BCUT2D eigenvalue weighted by Crippen LogP contribution is 2.18. The lowest BCUT2D eigenvalue weighted by atomic mass is 10.2. The van der Waals surface area contributed by atoms with E-state index in [1.54, 1.807) is 24.3 Å². The number of rotatable bonds is 9. The van der Waals surface area contributed by atoms with Crippen molar-refractivity contribution in [2.45, 2.75) is 6.54 Å². The Morgan fingerprint density at radius 3 is 2.48 bits per heavy atom. The quantitative estimate of drug-likeness (QED) is 0.454. The van der Waals surface area contributed by atoms with Gasteiger partial charge in [-0.3, -0.25) is 14.6 Å². The number of benzene rings is 2. The van der Waals surface area contributed by atoms with E-state index in [1.807, 2.05) is 24.3 Å². The maximum absolute atomic E-state index is 12.2. The highest BCUT2D eigenvalue weighted by molar-refractivity contribution is 6.31.